The van der Waals surface area contributed by atoms with Gasteiger partial charge < -0.3 is 26.4 Å². The molecule has 0 aromatic heterocycles. The number of nitrogens with two attached hydrogens (primary N) is 1. The van der Waals surface area contributed by atoms with Gasteiger partial charge in [0.15, 0.2) is 12.4 Å². The van der Waals surface area contributed by atoms with Crippen LogP contribution in [-0.4, -0.2) is 61.6 Å². The van der Waals surface area contributed by atoms with Crippen LogP contribution in [0.3, 0.4) is 0 Å². The van der Waals surface area contributed by atoms with Crippen LogP contribution >= 0.6 is 0 Å². The van der Waals surface area contributed by atoms with Crippen molar-refractivity contribution in [2.45, 2.75) is 44.2 Å². The van der Waals surface area contributed by atoms with Crippen LogP contribution in [0.4, 0.5) is 5.69 Å². The summed E-state index contributed by atoms with van der Waals surface area (Å²) >= 11 is 0. The molecule has 3 unspecified atom stereocenters. The molecule has 1 aliphatic carbocycles. The maximum atomic E-state index is 13.2. The van der Waals surface area contributed by atoms with E-state index in [1.165, 1.54) is 0 Å². The minimum Gasteiger partial charge on any atom is -0.457 e. The lowest BCUT2D eigenvalue weighted by Gasteiger charge is -2.24. The van der Waals surface area contributed by atoms with E-state index in [9.17, 15) is 19.2 Å². The molecule has 2 amide bonds. The number of esters is 1. The van der Waals surface area contributed by atoms with E-state index < -0.39 is 35.8 Å². The summed E-state index contributed by atoms with van der Waals surface area (Å²) in [5, 5.41) is 16.8. The summed E-state index contributed by atoms with van der Waals surface area (Å²) in [6.45, 7) is -0.0428. The Balaban J connectivity index is 1.61. The minimum absolute atomic E-state index is 0.272. The molecule has 2 aromatic carbocycles. The fraction of sp³-hybridized carbons (Fsp3) is 0.393. The van der Waals surface area contributed by atoms with Gasteiger partial charge in [0.25, 0.3) is 5.91 Å². The molecular weight excluding hydrogens is 486 g/mol. The lowest BCUT2D eigenvalue weighted by atomic mass is 10.0. The zero-order valence-corrected chi connectivity index (χ0v) is 21.5. The molecule has 0 bridgehead atoms. The van der Waals surface area contributed by atoms with Crippen molar-refractivity contribution >= 4 is 35.0 Å². The Hall–Kier alpha value is -4.05. The zero-order valence-electron chi connectivity index (χ0n) is 21.5. The second kappa shape index (κ2) is 14.0. The lowest BCUT2D eigenvalue weighted by molar-refractivity contribution is -0.148. The van der Waals surface area contributed by atoms with Crippen molar-refractivity contribution in [1.82, 2.24) is 10.6 Å². The fourth-order valence-corrected chi connectivity index (χ4v) is 4.51. The minimum atomic E-state index is -0.926. The normalized spacial score (nSPS) is 17.2. The number of anilines is 1. The second-order valence-electron chi connectivity index (χ2n) is 9.18. The predicted octanol–water partition coefficient (Wildman–Crippen LogP) is 2.03. The van der Waals surface area contributed by atoms with Crippen LogP contribution in [0.15, 0.2) is 54.6 Å². The highest BCUT2D eigenvalue weighted by Gasteiger charge is 2.37. The Morgan fingerprint density at radius 3 is 2.47 bits per heavy atom. The second-order valence-corrected chi connectivity index (χ2v) is 9.18. The first-order valence-corrected chi connectivity index (χ1v) is 12.8. The SMILES string of the molecule is CNc1ccccc1C(=N)C(=O)NC(CCCN)C(=O)NC1CCCC1C(=O)OCC(=O)c1ccccc1. The van der Waals surface area contributed by atoms with Crippen LogP contribution in [0.1, 0.15) is 48.0 Å². The molecule has 2 aromatic rings. The summed E-state index contributed by atoms with van der Waals surface area (Å²) in [5.74, 6) is -2.57. The molecule has 1 fully saturated rings. The predicted molar refractivity (Wildman–Crippen MR) is 144 cm³/mol. The van der Waals surface area contributed by atoms with Crippen molar-refractivity contribution in [3.63, 3.8) is 0 Å². The Kier molecular flexibility index (Phi) is 10.5. The number of benzene rings is 2. The maximum Gasteiger partial charge on any atom is 0.311 e. The number of ketones is 1. The Labute approximate surface area is 222 Å². The first-order valence-electron chi connectivity index (χ1n) is 12.8. The molecule has 0 aliphatic heterocycles. The van der Waals surface area contributed by atoms with Gasteiger partial charge in [0.05, 0.1) is 5.92 Å². The third-order valence-corrected chi connectivity index (χ3v) is 6.60. The number of hydrogen-bond acceptors (Lipinski definition) is 8. The van der Waals surface area contributed by atoms with E-state index in [0.29, 0.717) is 49.0 Å². The highest BCUT2D eigenvalue weighted by Crippen LogP contribution is 2.27. The van der Waals surface area contributed by atoms with Gasteiger partial charge in [-0.15, -0.1) is 0 Å². The first-order chi connectivity index (χ1) is 18.3. The van der Waals surface area contributed by atoms with E-state index >= 15 is 0 Å². The van der Waals surface area contributed by atoms with Gasteiger partial charge in [-0.3, -0.25) is 24.6 Å². The van der Waals surface area contributed by atoms with Crippen molar-refractivity contribution in [3.8, 4) is 0 Å². The smallest absolute Gasteiger partial charge is 0.311 e. The van der Waals surface area contributed by atoms with E-state index in [-0.39, 0.29) is 24.5 Å². The maximum absolute atomic E-state index is 13.2. The van der Waals surface area contributed by atoms with E-state index in [1.54, 1.807) is 61.6 Å². The summed E-state index contributed by atoms with van der Waals surface area (Å²) in [6, 6.07) is 14.1. The van der Waals surface area contributed by atoms with E-state index in [1.807, 2.05) is 0 Å². The number of amides is 2. The topological polar surface area (TPSA) is 163 Å². The number of carbonyl (C=O) groups excluding carboxylic acids is 4. The molecule has 0 radical (unpaired) electrons. The van der Waals surface area contributed by atoms with Crippen LogP contribution in [0.25, 0.3) is 0 Å². The molecule has 6 N–H and O–H groups in total. The van der Waals surface area contributed by atoms with Gasteiger partial charge in [-0.05, 0) is 38.3 Å². The number of carbonyl (C=O) groups is 4. The van der Waals surface area contributed by atoms with Gasteiger partial charge in [-0.2, -0.15) is 0 Å². The number of para-hydroxylation sites is 1. The van der Waals surface area contributed by atoms with Crippen LogP contribution in [0.2, 0.25) is 0 Å². The van der Waals surface area contributed by atoms with Gasteiger partial charge in [-0.1, -0.05) is 55.0 Å². The number of ether oxygens (including phenoxy) is 1. The summed E-state index contributed by atoms with van der Waals surface area (Å²) in [4.78, 5) is 51.1. The lowest BCUT2D eigenvalue weighted by Crippen LogP contribution is -2.52. The first kappa shape index (κ1) is 28.5. The van der Waals surface area contributed by atoms with E-state index in [4.69, 9.17) is 15.9 Å². The fourth-order valence-electron chi connectivity index (χ4n) is 4.51. The molecular formula is C28H35N5O5. The van der Waals surface area contributed by atoms with Crippen molar-refractivity contribution in [2.75, 3.05) is 25.5 Å². The molecule has 10 heteroatoms. The van der Waals surface area contributed by atoms with Crippen molar-refractivity contribution in [2.24, 2.45) is 11.7 Å². The van der Waals surface area contributed by atoms with Gasteiger partial charge in [0.1, 0.15) is 11.8 Å². The molecule has 202 valence electrons. The third-order valence-electron chi connectivity index (χ3n) is 6.60. The van der Waals surface area contributed by atoms with Crippen molar-refractivity contribution in [1.29, 1.82) is 5.41 Å². The van der Waals surface area contributed by atoms with Crippen LogP contribution in [0, 0.1) is 11.3 Å². The van der Waals surface area contributed by atoms with Gasteiger partial charge in [0, 0.05) is 29.9 Å². The quantitative estimate of drug-likeness (QED) is 0.153. The molecule has 38 heavy (non-hydrogen) atoms. The summed E-state index contributed by atoms with van der Waals surface area (Å²) < 4.78 is 5.29. The highest BCUT2D eigenvalue weighted by atomic mass is 16.5. The Bertz CT molecular complexity index is 1150. The molecule has 1 aliphatic rings. The summed E-state index contributed by atoms with van der Waals surface area (Å²) in [7, 11) is 1.70. The van der Waals surface area contributed by atoms with E-state index in [2.05, 4.69) is 16.0 Å². The number of nitrogens with one attached hydrogen (secondary N) is 4. The monoisotopic (exact) mass is 521 g/mol. The van der Waals surface area contributed by atoms with Crippen molar-refractivity contribution < 1.29 is 23.9 Å². The third kappa shape index (κ3) is 7.48. The average Bonchev–Trinajstić information content (AvgIpc) is 3.41. The Morgan fingerprint density at radius 1 is 1.05 bits per heavy atom. The standard InChI is InChI=1S/C28H35N5O5/c1-31-21-13-6-5-11-19(21)25(30)27(36)33-23(15-8-16-29)26(35)32-22-14-7-12-20(22)28(37)38-17-24(34)18-9-3-2-4-10-18/h2-6,9-11,13,20,22-23,30-31H,7-8,12,14-17,29H2,1H3,(H,32,35)(H,33,36). The number of hydrogen-bond donors (Lipinski definition) is 5. The average molecular weight is 522 g/mol. The van der Waals surface area contributed by atoms with Crippen molar-refractivity contribution in [3.05, 3.63) is 65.7 Å². The molecule has 10 nitrogen and oxygen atoms in total. The summed E-state index contributed by atoms with van der Waals surface area (Å²) in [6.07, 6.45) is 2.57. The largest absolute Gasteiger partial charge is 0.457 e. The molecule has 3 rings (SSSR count). The molecule has 0 spiro atoms. The zero-order chi connectivity index (χ0) is 27.5. The molecule has 0 heterocycles. The van der Waals surface area contributed by atoms with Crippen LogP contribution < -0.4 is 21.7 Å². The van der Waals surface area contributed by atoms with E-state index in [0.717, 1.165) is 0 Å². The molecule has 0 saturated heterocycles. The number of rotatable bonds is 13. The summed E-state index contributed by atoms with van der Waals surface area (Å²) in [5.41, 5.74) is 6.85. The van der Waals surface area contributed by atoms with Gasteiger partial charge >= 0.3 is 5.97 Å². The highest BCUT2D eigenvalue weighted by molar-refractivity contribution is 6.45. The van der Waals surface area contributed by atoms with Crippen LogP contribution in [-0.2, 0) is 19.1 Å². The Morgan fingerprint density at radius 2 is 1.76 bits per heavy atom. The number of Topliss-reactive ketones (excluding diaryl/α,β-unsaturated/α-hetero) is 1. The molecule has 3 atom stereocenters. The van der Waals surface area contributed by atoms with Gasteiger partial charge in [-0.25, -0.2) is 0 Å². The van der Waals surface area contributed by atoms with Crippen LogP contribution in [0.5, 0.6) is 0 Å². The molecule has 1 saturated carbocycles. The van der Waals surface area contributed by atoms with Gasteiger partial charge in [0.2, 0.25) is 5.91 Å².